The Kier molecular flexibility index (Phi) is 18.4. The third-order valence-corrected chi connectivity index (χ3v) is 0.333. The molecule has 0 saturated carbocycles. The van der Waals surface area contributed by atoms with Gasteiger partial charge >= 0.3 is 0 Å². The molecule has 0 amide bonds. The molecule has 0 aromatic rings. The second-order valence-corrected chi connectivity index (χ2v) is 1.10. The summed E-state index contributed by atoms with van der Waals surface area (Å²) in [6.07, 6.45) is 1.65. The summed E-state index contributed by atoms with van der Waals surface area (Å²) >= 11 is 0. The fourth-order valence-corrected chi connectivity index (χ4v) is 0. The van der Waals surface area contributed by atoms with Gasteiger partial charge in [0.05, 0.1) is 11.9 Å². The zero-order valence-electron chi connectivity index (χ0n) is 5.50. The maximum absolute atomic E-state index is 8.93. The van der Waals surface area contributed by atoms with Gasteiger partial charge in [-0.05, 0) is 0 Å². The average molecular weight is 253 g/mol. The first-order valence-corrected chi connectivity index (χ1v) is 2.29. The van der Waals surface area contributed by atoms with E-state index in [9.17, 15) is 0 Å². The van der Waals surface area contributed by atoms with E-state index in [1.807, 2.05) is 0 Å². The number of nitrogens with two attached hydrogens (primary N) is 1. The fraction of sp³-hybridized carbons (Fsp3) is 0.200. The van der Waals surface area contributed by atoms with Gasteiger partial charge in [0.15, 0.2) is 0 Å². The summed E-state index contributed by atoms with van der Waals surface area (Å²) in [5.41, 5.74) is 4.91. The Morgan fingerprint density at radius 3 is 1.55 bits per heavy atom. The molecule has 0 aliphatic rings. The summed E-state index contributed by atoms with van der Waals surface area (Å²) < 4.78 is 0. The van der Waals surface area contributed by atoms with Crippen LogP contribution in [0.4, 0.5) is 0 Å². The molecule has 0 aliphatic heterocycles. The second-order valence-electron chi connectivity index (χ2n) is 1.10. The zero-order chi connectivity index (χ0) is 8.57. The van der Waals surface area contributed by atoms with Crippen LogP contribution in [0.5, 0.6) is 0 Å². The molecule has 0 fully saturated rings. The van der Waals surface area contributed by atoms with Crippen molar-refractivity contribution in [3.63, 3.8) is 0 Å². The number of hydrogen-bond donors (Lipinski definition) is 1. The predicted molar refractivity (Wildman–Crippen MR) is 29.3 cm³/mol. The van der Waals surface area contributed by atoms with Crippen molar-refractivity contribution in [2.45, 2.75) is 0 Å². The molecule has 69 valence electrons. The van der Waals surface area contributed by atoms with Crippen molar-refractivity contribution in [3.8, 4) is 0 Å². The number of rotatable bonds is 1. The van der Waals surface area contributed by atoms with E-state index >= 15 is 0 Å². The van der Waals surface area contributed by atoms with Crippen LogP contribution in [0.2, 0.25) is 0 Å². The van der Waals surface area contributed by atoms with E-state index in [0.717, 1.165) is 0 Å². The first-order valence-electron chi connectivity index (χ1n) is 2.29. The largest absolute Gasteiger partial charge is 0.543 e. The summed E-state index contributed by atoms with van der Waals surface area (Å²) in [6, 6.07) is 0. The first kappa shape index (κ1) is 16.8. The van der Waals surface area contributed by atoms with Crippen LogP contribution in [-0.2, 0) is 32.0 Å². The van der Waals surface area contributed by atoms with Crippen LogP contribution in [0.3, 0.4) is 0 Å². The molecule has 0 bridgehead atoms. The smallest absolute Gasteiger partial charge is 0.0870 e. The molecule has 0 heterocycles. The van der Waals surface area contributed by atoms with Gasteiger partial charge in [-0.15, -0.1) is 6.58 Å². The molecule has 0 aromatic carbocycles. The van der Waals surface area contributed by atoms with Crippen molar-refractivity contribution in [3.05, 3.63) is 12.7 Å². The zero-order valence-corrected chi connectivity index (χ0v) is 6.99. The van der Waals surface area contributed by atoms with Gasteiger partial charge in [0.25, 0.3) is 0 Å². The molecule has 0 atom stereocenters. The summed E-state index contributed by atoms with van der Waals surface area (Å²) in [5, 5.41) is 17.9. The van der Waals surface area contributed by atoms with Gasteiger partial charge in [-0.1, -0.05) is 6.08 Å². The molecule has 11 heavy (non-hydrogen) atoms. The molecular formula is C5H7AgNO4-2. The molecule has 0 spiro atoms. The maximum Gasteiger partial charge on any atom is 0.0870 e. The summed E-state index contributed by atoms with van der Waals surface area (Å²) in [7, 11) is 0. The molecular weight excluding hydrogens is 246 g/mol. The Morgan fingerprint density at radius 1 is 1.36 bits per heavy atom. The maximum atomic E-state index is 8.93. The van der Waals surface area contributed by atoms with E-state index in [-0.39, 0.29) is 22.4 Å². The van der Waals surface area contributed by atoms with Gasteiger partial charge in [-0.25, -0.2) is 0 Å². The van der Waals surface area contributed by atoms with Crippen LogP contribution in [-0.4, -0.2) is 18.5 Å². The van der Waals surface area contributed by atoms with Gasteiger partial charge < -0.3 is 25.5 Å². The van der Waals surface area contributed by atoms with Gasteiger partial charge in [0, 0.05) is 28.9 Å². The van der Waals surface area contributed by atoms with Gasteiger partial charge in [0.1, 0.15) is 0 Å². The van der Waals surface area contributed by atoms with Crippen LogP contribution >= 0.6 is 0 Å². The van der Waals surface area contributed by atoms with E-state index in [4.69, 9.17) is 25.5 Å². The molecule has 6 heteroatoms. The van der Waals surface area contributed by atoms with E-state index in [0.29, 0.717) is 6.54 Å². The summed E-state index contributed by atoms with van der Waals surface area (Å²) in [6.45, 7) is 3.94. The monoisotopic (exact) mass is 252 g/mol. The van der Waals surface area contributed by atoms with Crippen LogP contribution in [0.15, 0.2) is 12.7 Å². The van der Waals surface area contributed by atoms with Crippen molar-refractivity contribution in [1.29, 1.82) is 0 Å². The predicted octanol–water partition coefficient (Wildman–Crippen LogP) is -3.39. The van der Waals surface area contributed by atoms with E-state index in [2.05, 4.69) is 6.58 Å². The standard InChI is InChI=1S/C3H7N.C2H2O4.Ag/c1-2-3-4;3-1(4)2(5)6;/h2H,1,3-4H2;(H,3,4)(H,5,6);/p-2. The quantitative estimate of drug-likeness (QED) is 0.298. The molecule has 0 aliphatic carbocycles. The minimum Gasteiger partial charge on any atom is -0.543 e. The van der Waals surface area contributed by atoms with Crippen molar-refractivity contribution < 1.29 is 42.2 Å². The van der Waals surface area contributed by atoms with Crippen molar-refractivity contribution in [2.75, 3.05) is 6.54 Å². The fourth-order valence-electron chi connectivity index (χ4n) is 0. The Balaban J connectivity index is -0.000000114. The average Bonchev–Trinajstić information content (AvgIpc) is 1.89. The summed E-state index contributed by atoms with van der Waals surface area (Å²) in [4.78, 5) is 17.9. The normalized spacial score (nSPS) is 6.27. The Bertz CT molecular complexity index is 124. The third-order valence-electron chi connectivity index (χ3n) is 0.333. The van der Waals surface area contributed by atoms with Crippen LogP contribution in [0.1, 0.15) is 0 Å². The van der Waals surface area contributed by atoms with E-state index < -0.39 is 11.9 Å². The van der Waals surface area contributed by atoms with Crippen LogP contribution < -0.4 is 15.9 Å². The number of carbonyl (C=O) groups is 2. The molecule has 0 saturated heterocycles. The minimum atomic E-state index is -2.19. The van der Waals surface area contributed by atoms with Crippen LogP contribution in [0.25, 0.3) is 0 Å². The second kappa shape index (κ2) is 12.1. The van der Waals surface area contributed by atoms with Crippen molar-refractivity contribution in [1.82, 2.24) is 0 Å². The molecule has 0 rings (SSSR count). The van der Waals surface area contributed by atoms with Gasteiger partial charge in [0.2, 0.25) is 0 Å². The molecule has 0 unspecified atom stereocenters. The minimum absolute atomic E-state index is 0. The van der Waals surface area contributed by atoms with Gasteiger partial charge in [-0.3, -0.25) is 0 Å². The third kappa shape index (κ3) is 26.6. The summed E-state index contributed by atoms with van der Waals surface area (Å²) in [5.74, 6) is -4.37. The number of aliphatic carboxylic acids is 2. The van der Waals surface area contributed by atoms with Crippen LogP contribution in [0, 0.1) is 0 Å². The Hall–Kier alpha value is -0.620. The van der Waals surface area contributed by atoms with Crippen molar-refractivity contribution in [2.24, 2.45) is 5.73 Å². The number of carbonyl (C=O) groups excluding carboxylic acids is 2. The number of carboxylic acids is 2. The van der Waals surface area contributed by atoms with E-state index in [1.165, 1.54) is 0 Å². The number of carboxylic acid groups (broad SMARTS) is 2. The SMILES string of the molecule is C=CCN.O=C([O-])C(=O)[O-].[Ag]. The molecule has 0 aromatic heterocycles. The Morgan fingerprint density at radius 2 is 1.55 bits per heavy atom. The number of hydrogen-bond acceptors (Lipinski definition) is 5. The molecule has 1 radical (unpaired) electrons. The first-order chi connectivity index (χ1) is 4.56. The molecule has 2 N–H and O–H groups in total. The van der Waals surface area contributed by atoms with Gasteiger partial charge in [-0.2, -0.15) is 0 Å². The Labute approximate surface area is 79.4 Å². The van der Waals surface area contributed by atoms with Crippen molar-refractivity contribution >= 4 is 11.9 Å². The molecule has 5 nitrogen and oxygen atoms in total. The topological polar surface area (TPSA) is 106 Å². The van der Waals surface area contributed by atoms with E-state index in [1.54, 1.807) is 6.08 Å².